The molecule has 3 rings (SSSR count). The lowest BCUT2D eigenvalue weighted by molar-refractivity contribution is -0.142. The number of piperidine rings is 1. The average Bonchev–Trinajstić information content (AvgIpc) is 2.93. The second-order valence-corrected chi connectivity index (χ2v) is 7.11. The smallest absolute Gasteiger partial charge is 0.320 e. The van der Waals surface area contributed by atoms with Gasteiger partial charge in [0, 0.05) is 51.4 Å². The summed E-state index contributed by atoms with van der Waals surface area (Å²) in [7, 11) is 0. The van der Waals surface area contributed by atoms with Gasteiger partial charge >= 0.3 is 5.97 Å². The molecule has 2 fully saturated rings. The third-order valence-corrected chi connectivity index (χ3v) is 5.54. The Kier molecular flexibility index (Phi) is 4.85. The SMILES string of the molecule is CC(=O)N1CCC2(CC1)CC(C(=O)O)N(CCc1ccccn1)C2. The minimum Gasteiger partial charge on any atom is -0.480 e. The Bertz CT molecular complexity index is 597. The van der Waals surface area contributed by atoms with Crippen molar-refractivity contribution >= 4 is 11.9 Å². The summed E-state index contributed by atoms with van der Waals surface area (Å²) in [5.74, 6) is -0.619. The van der Waals surface area contributed by atoms with Gasteiger partial charge in [0.05, 0.1) is 0 Å². The maximum atomic E-state index is 11.7. The molecule has 1 aromatic rings. The van der Waals surface area contributed by atoms with Crippen molar-refractivity contribution in [3.63, 3.8) is 0 Å². The van der Waals surface area contributed by atoms with Gasteiger partial charge in [-0.25, -0.2) is 0 Å². The van der Waals surface area contributed by atoms with E-state index >= 15 is 0 Å². The van der Waals surface area contributed by atoms with Crippen molar-refractivity contribution in [2.45, 2.75) is 38.6 Å². The fourth-order valence-electron chi connectivity index (χ4n) is 4.09. The highest BCUT2D eigenvalue weighted by Gasteiger charge is 2.48. The molecular formula is C18H25N3O3. The van der Waals surface area contributed by atoms with Crippen molar-refractivity contribution in [2.24, 2.45) is 5.41 Å². The predicted octanol–water partition coefficient (Wildman–Crippen LogP) is 1.41. The van der Waals surface area contributed by atoms with Gasteiger partial charge in [-0.1, -0.05) is 6.07 Å². The molecule has 0 saturated carbocycles. The van der Waals surface area contributed by atoms with Crippen LogP contribution in [0.3, 0.4) is 0 Å². The van der Waals surface area contributed by atoms with E-state index in [0.717, 1.165) is 44.6 Å². The minimum absolute atomic E-state index is 0.0408. The Hall–Kier alpha value is -1.95. The zero-order valence-electron chi connectivity index (χ0n) is 14.1. The lowest BCUT2D eigenvalue weighted by Gasteiger charge is -2.39. The second-order valence-electron chi connectivity index (χ2n) is 7.11. The number of pyridine rings is 1. The lowest BCUT2D eigenvalue weighted by Crippen LogP contribution is -2.43. The van der Waals surface area contributed by atoms with Gasteiger partial charge in [-0.15, -0.1) is 0 Å². The van der Waals surface area contributed by atoms with E-state index in [2.05, 4.69) is 9.88 Å². The van der Waals surface area contributed by atoms with E-state index in [0.29, 0.717) is 13.0 Å². The van der Waals surface area contributed by atoms with Crippen LogP contribution < -0.4 is 0 Å². The van der Waals surface area contributed by atoms with Crippen LogP contribution in [-0.4, -0.2) is 64.0 Å². The predicted molar refractivity (Wildman–Crippen MR) is 89.5 cm³/mol. The topological polar surface area (TPSA) is 73.7 Å². The van der Waals surface area contributed by atoms with Crippen LogP contribution in [-0.2, 0) is 16.0 Å². The monoisotopic (exact) mass is 331 g/mol. The highest BCUT2D eigenvalue weighted by atomic mass is 16.4. The molecule has 1 N–H and O–H groups in total. The normalized spacial score (nSPS) is 23.5. The Labute approximate surface area is 142 Å². The highest BCUT2D eigenvalue weighted by Crippen LogP contribution is 2.43. The number of carboxylic acid groups (broad SMARTS) is 1. The van der Waals surface area contributed by atoms with E-state index in [1.165, 1.54) is 0 Å². The number of rotatable bonds is 4. The van der Waals surface area contributed by atoms with Crippen LogP contribution in [0.15, 0.2) is 24.4 Å². The first-order valence-electron chi connectivity index (χ1n) is 8.61. The molecule has 2 aliphatic heterocycles. The molecule has 130 valence electrons. The molecule has 1 aromatic heterocycles. The summed E-state index contributed by atoms with van der Waals surface area (Å²) < 4.78 is 0. The van der Waals surface area contributed by atoms with Gasteiger partial charge in [-0.05, 0) is 36.8 Å². The quantitative estimate of drug-likeness (QED) is 0.903. The van der Waals surface area contributed by atoms with Gasteiger partial charge < -0.3 is 10.0 Å². The first-order chi connectivity index (χ1) is 11.5. The van der Waals surface area contributed by atoms with E-state index in [9.17, 15) is 14.7 Å². The summed E-state index contributed by atoms with van der Waals surface area (Å²) in [5.41, 5.74) is 1.04. The third-order valence-electron chi connectivity index (χ3n) is 5.54. The largest absolute Gasteiger partial charge is 0.480 e. The second kappa shape index (κ2) is 6.89. The van der Waals surface area contributed by atoms with Crippen LogP contribution >= 0.6 is 0 Å². The molecular weight excluding hydrogens is 306 g/mol. The van der Waals surface area contributed by atoms with Crippen molar-refractivity contribution in [1.29, 1.82) is 0 Å². The summed E-state index contributed by atoms with van der Waals surface area (Å²) in [6.45, 7) is 4.62. The summed E-state index contributed by atoms with van der Waals surface area (Å²) in [6.07, 6.45) is 5.02. The molecule has 24 heavy (non-hydrogen) atoms. The van der Waals surface area contributed by atoms with E-state index < -0.39 is 12.0 Å². The molecule has 1 unspecified atom stereocenters. The Morgan fingerprint density at radius 2 is 2.08 bits per heavy atom. The van der Waals surface area contributed by atoms with Crippen LogP contribution in [0.1, 0.15) is 31.9 Å². The highest BCUT2D eigenvalue weighted by molar-refractivity contribution is 5.74. The number of hydrogen-bond donors (Lipinski definition) is 1. The molecule has 0 bridgehead atoms. The molecule has 0 radical (unpaired) electrons. The molecule has 2 aliphatic rings. The molecule has 3 heterocycles. The van der Waals surface area contributed by atoms with Crippen molar-refractivity contribution in [1.82, 2.24) is 14.8 Å². The van der Waals surface area contributed by atoms with E-state index in [1.54, 1.807) is 13.1 Å². The summed E-state index contributed by atoms with van der Waals surface area (Å²) in [5, 5.41) is 9.61. The van der Waals surface area contributed by atoms with Crippen molar-refractivity contribution in [2.75, 3.05) is 26.2 Å². The van der Waals surface area contributed by atoms with Gasteiger partial charge in [0.1, 0.15) is 6.04 Å². The molecule has 1 amide bonds. The molecule has 6 nitrogen and oxygen atoms in total. The van der Waals surface area contributed by atoms with Crippen LogP contribution in [0, 0.1) is 5.41 Å². The number of hydrogen-bond acceptors (Lipinski definition) is 4. The molecule has 2 saturated heterocycles. The number of aromatic nitrogens is 1. The van der Waals surface area contributed by atoms with Gasteiger partial charge in [0.2, 0.25) is 5.91 Å². The molecule has 1 atom stereocenters. The number of carboxylic acids is 1. The molecule has 0 aliphatic carbocycles. The fraction of sp³-hybridized carbons (Fsp3) is 0.611. The van der Waals surface area contributed by atoms with E-state index in [4.69, 9.17) is 0 Å². The van der Waals surface area contributed by atoms with Crippen LogP contribution in [0.25, 0.3) is 0 Å². The Morgan fingerprint density at radius 3 is 2.67 bits per heavy atom. The van der Waals surface area contributed by atoms with E-state index in [-0.39, 0.29) is 11.3 Å². The first-order valence-corrected chi connectivity index (χ1v) is 8.61. The molecule has 0 aromatic carbocycles. The number of nitrogens with zero attached hydrogens (tertiary/aromatic N) is 3. The van der Waals surface area contributed by atoms with Gasteiger partial charge in [0.25, 0.3) is 0 Å². The van der Waals surface area contributed by atoms with Crippen LogP contribution in [0.4, 0.5) is 0 Å². The Morgan fingerprint density at radius 1 is 1.33 bits per heavy atom. The van der Waals surface area contributed by atoms with Gasteiger partial charge in [-0.3, -0.25) is 19.5 Å². The number of likely N-dealkylation sites (tertiary alicyclic amines) is 2. The Balaban J connectivity index is 1.64. The van der Waals surface area contributed by atoms with Crippen LogP contribution in [0.5, 0.6) is 0 Å². The van der Waals surface area contributed by atoms with E-state index in [1.807, 2.05) is 23.1 Å². The molecule has 1 spiro atoms. The van der Waals surface area contributed by atoms with Crippen molar-refractivity contribution < 1.29 is 14.7 Å². The lowest BCUT2D eigenvalue weighted by atomic mass is 9.76. The first kappa shape index (κ1) is 16.9. The fourth-order valence-corrected chi connectivity index (χ4v) is 4.09. The average molecular weight is 331 g/mol. The maximum Gasteiger partial charge on any atom is 0.320 e. The van der Waals surface area contributed by atoms with Crippen LogP contribution in [0.2, 0.25) is 0 Å². The number of carbonyl (C=O) groups excluding carboxylic acids is 1. The van der Waals surface area contributed by atoms with Crippen molar-refractivity contribution in [3.05, 3.63) is 30.1 Å². The number of amides is 1. The zero-order chi connectivity index (χ0) is 17.2. The summed E-state index contributed by atoms with van der Waals surface area (Å²) >= 11 is 0. The summed E-state index contributed by atoms with van der Waals surface area (Å²) in [6, 6.07) is 5.40. The zero-order valence-corrected chi connectivity index (χ0v) is 14.1. The summed E-state index contributed by atoms with van der Waals surface area (Å²) in [4.78, 5) is 31.5. The minimum atomic E-state index is -0.734. The number of aliphatic carboxylic acids is 1. The third kappa shape index (κ3) is 3.59. The standard InChI is InChI=1S/C18H25N3O3/c1-14(22)20-10-6-18(7-11-20)12-16(17(23)24)21(13-18)9-5-15-4-2-3-8-19-15/h2-4,8,16H,5-7,9-13H2,1H3,(H,23,24). The maximum absolute atomic E-state index is 11.7. The van der Waals surface area contributed by atoms with Gasteiger partial charge in [-0.2, -0.15) is 0 Å². The molecule has 6 heteroatoms. The van der Waals surface area contributed by atoms with Crippen molar-refractivity contribution in [3.8, 4) is 0 Å². The number of carbonyl (C=O) groups is 2. The van der Waals surface area contributed by atoms with Gasteiger partial charge in [0.15, 0.2) is 0 Å².